The predicted molar refractivity (Wildman–Crippen MR) is 138 cm³/mol. The van der Waals surface area contributed by atoms with E-state index in [0.29, 0.717) is 22.1 Å². The van der Waals surface area contributed by atoms with E-state index in [9.17, 15) is 9.59 Å². The van der Waals surface area contributed by atoms with E-state index < -0.39 is 6.17 Å². The second-order valence-electron chi connectivity index (χ2n) is 8.44. The Kier molecular flexibility index (Phi) is 6.30. The van der Waals surface area contributed by atoms with Gasteiger partial charge in [0.25, 0.3) is 6.17 Å². The third kappa shape index (κ3) is 3.97. The van der Waals surface area contributed by atoms with Crippen molar-refractivity contribution in [2.45, 2.75) is 38.0 Å². The van der Waals surface area contributed by atoms with Crippen molar-refractivity contribution in [2.24, 2.45) is 0 Å². The molecule has 1 amide bonds. The lowest BCUT2D eigenvalue weighted by atomic mass is 9.97. The number of fused-ring (bicyclic) bond motifs is 4. The molecule has 0 saturated heterocycles. The number of carbonyl (C=O) groups excluding carboxylic acids is 1. The highest BCUT2D eigenvalue weighted by Crippen LogP contribution is 2.40. The van der Waals surface area contributed by atoms with E-state index in [1.165, 1.54) is 11.8 Å². The van der Waals surface area contributed by atoms with Crippen molar-refractivity contribution in [3.8, 4) is 17.0 Å². The van der Waals surface area contributed by atoms with E-state index in [-0.39, 0.29) is 11.5 Å². The van der Waals surface area contributed by atoms with Crippen LogP contribution in [0, 0.1) is 0 Å². The van der Waals surface area contributed by atoms with Gasteiger partial charge >= 0.3 is 11.3 Å². The Morgan fingerprint density at radius 1 is 1.11 bits per heavy atom. The van der Waals surface area contributed by atoms with Crippen LogP contribution in [0.1, 0.15) is 38.4 Å². The van der Waals surface area contributed by atoms with Gasteiger partial charge in [0.1, 0.15) is 5.75 Å². The van der Waals surface area contributed by atoms with Crippen molar-refractivity contribution in [3.63, 3.8) is 0 Å². The SMILES string of the molecule is CCCCSc1n[n+]2c(c(=O)[nH]1)-c1ccccc1N(C(C)=O)[C@H]2c1ccc(OC)c2ccccc12. The predicted octanol–water partition coefficient (Wildman–Crippen LogP) is 4.69. The number of ether oxygens (including phenoxy) is 1. The van der Waals surface area contributed by atoms with Crippen molar-refractivity contribution < 1.29 is 14.2 Å². The van der Waals surface area contributed by atoms with Crippen LogP contribution in [0.2, 0.25) is 0 Å². The maximum atomic E-state index is 13.4. The Hall–Kier alpha value is -3.65. The lowest BCUT2D eigenvalue weighted by Crippen LogP contribution is -2.60. The lowest BCUT2D eigenvalue weighted by Gasteiger charge is -2.32. The average Bonchev–Trinajstić information content (AvgIpc) is 2.87. The molecule has 7 nitrogen and oxygen atoms in total. The van der Waals surface area contributed by atoms with E-state index in [2.05, 4.69) is 11.9 Å². The number of benzene rings is 3. The number of amides is 1. The minimum Gasteiger partial charge on any atom is -0.496 e. The van der Waals surface area contributed by atoms with Gasteiger partial charge < -0.3 is 4.74 Å². The van der Waals surface area contributed by atoms with Gasteiger partial charge in [0.2, 0.25) is 11.1 Å². The molecule has 0 saturated carbocycles. The first-order chi connectivity index (χ1) is 17.0. The minimum absolute atomic E-state index is 0.136. The molecule has 1 N–H and O–H groups in total. The number of nitrogens with zero attached hydrogens (tertiary/aromatic N) is 3. The van der Waals surface area contributed by atoms with E-state index in [0.717, 1.165) is 40.7 Å². The highest BCUT2D eigenvalue weighted by Gasteiger charge is 2.45. The molecule has 8 heteroatoms. The Morgan fingerprint density at radius 3 is 2.60 bits per heavy atom. The molecule has 3 aromatic carbocycles. The lowest BCUT2D eigenvalue weighted by molar-refractivity contribution is -0.762. The molecule has 1 atom stereocenters. The monoisotopic (exact) mass is 487 g/mol. The van der Waals surface area contributed by atoms with Gasteiger partial charge in [-0.25, -0.2) is 4.90 Å². The second-order valence-corrected chi connectivity index (χ2v) is 9.52. The minimum atomic E-state index is -0.638. The molecule has 0 bridgehead atoms. The average molecular weight is 488 g/mol. The van der Waals surface area contributed by atoms with Crippen LogP contribution in [0.15, 0.2) is 70.6 Å². The summed E-state index contributed by atoms with van der Waals surface area (Å²) in [6, 6.07) is 19.3. The number of hydrogen-bond acceptors (Lipinski definition) is 5. The van der Waals surface area contributed by atoms with E-state index >= 15 is 0 Å². The molecule has 0 fully saturated rings. The van der Waals surface area contributed by atoms with Crippen molar-refractivity contribution in [2.75, 3.05) is 17.8 Å². The van der Waals surface area contributed by atoms with Crippen LogP contribution in [-0.2, 0) is 4.79 Å². The molecule has 1 aromatic heterocycles. The third-order valence-corrected chi connectivity index (χ3v) is 7.20. The highest BCUT2D eigenvalue weighted by atomic mass is 32.2. The van der Waals surface area contributed by atoms with Gasteiger partial charge in [-0.2, -0.15) is 0 Å². The molecule has 0 spiro atoms. The quantitative estimate of drug-likeness (QED) is 0.242. The number of hydrogen-bond donors (Lipinski definition) is 1. The number of para-hydroxylation sites is 1. The summed E-state index contributed by atoms with van der Waals surface area (Å²) < 4.78 is 7.32. The van der Waals surface area contributed by atoms with Gasteiger partial charge in [0, 0.05) is 23.2 Å². The maximum absolute atomic E-state index is 13.4. The smallest absolute Gasteiger partial charge is 0.325 e. The van der Waals surface area contributed by atoms with Gasteiger partial charge in [-0.05, 0) is 40.8 Å². The summed E-state index contributed by atoms with van der Waals surface area (Å²) >= 11 is 1.52. The zero-order valence-electron chi connectivity index (χ0n) is 19.9. The second kappa shape index (κ2) is 9.54. The van der Waals surface area contributed by atoms with Crippen LogP contribution < -0.4 is 19.9 Å². The zero-order valence-corrected chi connectivity index (χ0v) is 20.8. The first-order valence-electron chi connectivity index (χ1n) is 11.7. The highest BCUT2D eigenvalue weighted by molar-refractivity contribution is 7.99. The van der Waals surface area contributed by atoms with Gasteiger partial charge in [-0.1, -0.05) is 61.5 Å². The first-order valence-corrected chi connectivity index (χ1v) is 12.7. The molecule has 5 rings (SSSR count). The molecular weight excluding hydrogens is 460 g/mol. The summed E-state index contributed by atoms with van der Waals surface area (Å²) in [6.07, 6.45) is 1.44. The van der Waals surface area contributed by atoms with E-state index in [4.69, 9.17) is 9.84 Å². The van der Waals surface area contributed by atoms with Crippen molar-refractivity contribution in [1.29, 1.82) is 0 Å². The number of methoxy groups -OCH3 is 1. The number of rotatable bonds is 6. The molecule has 0 aliphatic carbocycles. The third-order valence-electron chi connectivity index (χ3n) is 6.25. The van der Waals surface area contributed by atoms with Crippen molar-refractivity contribution in [1.82, 2.24) is 10.1 Å². The van der Waals surface area contributed by atoms with Crippen LogP contribution in [-0.4, -0.2) is 28.9 Å². The van der Waals surface area contributed by atoms with Crippen LogP contribution in [0.4, 0.5) is 5.69 Å². The van der Waals surface area contributed by atoms with Gasteiger partial charge in [-0.15, -0.1) is 0 Å². The topological polar surface area (TPSA) is 79.2 Å². The molecule has 178 valence electrons. The molecule has 0 unspecified atom stereocenters. The number of carbonyl (C=O) groups is 1. The van der Waals surface area contributed by atoms with Gasteiger partial charge in [-0.3, -0.25) is 14.6 Å². The van der Waals surface area contributed by atoms with Crippen LogP contribution in [0.3, 0.4) is 0 Å². The number of unbranched alkanes of at least 4 members (excludes halogenated alkanes) is 1. The molecule has 1 aliphatic rings. The van der Waals surface area contributed by atoms with Gasteiger partial charge in [0.05, 0.1) is 23.9 Å². The standard InChI is InChI=1S/C27H26N4O3S/c1-4-5-16-35-27-28-25(33)24-21-12-8-9-13-22(21)30(17(2)32)26(31(24)29-27)20-14-15-23(34-3)19-11-7-6-10-18(19)20/h6-15,26H,4-5,16H2,1-3H3/p+1/t26-/m1/s1. The van der Waals surface area contributed by atoms with Crippen LogP contribution >= 0.6 is 11.8 Å². The largest absolute Gasteiger partial charge is 0.496 e. The summed E-state index contributed by atoms with van der Waals surface area (Å²) in [5.74, 6) is 1.46. The molecule has 35 heavy (non-hydrogen) atoms. The van der Waals surface area contributed by atoms with Crippen molar-refractivity contribution >= 4 is 34.1 Å². The van der Waals surface area contributed by atoms with Crippen LogP contribution in [0.25, 0.3) is 22.0 Å². The number of aromatic amines is 1. The van der Waals surface area contributed by atoms with Crippen LogP contribution in [0.5, 0.6) is 5.75 Å². The molecule has 4 aromatic rings. The first kappa shape index (κ1) is 23.1. The molecular formula is C27H27N4O3S+. The summed E-state index contributed by atoms with van der Waals surface area (Å²) in [6.45, 7) is 3.68. The fourth-order valence-electron chi connectivity index (χ4n) is 4.67. The number of thioether (sulfide) groups is 1. The van der Waals surface area contributed by atoms with E-state index in [1.54, 1.807) is 23.6 Å². The summed E-state index contributed by atoms with van der Waals surface area (Å²) in [5, 5.41) is 7.29. The summed E-state index contributed by atoms with van der Waals surface area (Å²) in [4.78, 5) is 31.3. The number of anilines is 1. The molecule has 1 aliphatic heterocycles. The Labute approximate surface area is 207 Å². The number of nitrogens with one attached hydrogen (secondary N) is 1. The molecule has 2 heterocycles. The Balaban J connectivity index is 1.82. The van der Waals surface area contributed by atoms with E-state index in [1.807, 2.05) is 60.7 Å². The molecule has 0 radical (unpaired) electrons. The van der Waals surface area contributed by atoms with Crippen molar-refractivity contribution in [3.05, 3.63) is 76.6 Å². The summed E-state index contributed by atoms with van der Waals surface area (Å²) in [5.41, 5.74) is 2.43. The Bertz CT molecular complexity index is 1480. The maximum Gasteiger partial charge on any atom is 0.325 e. The number of aromatic nitrogens is 3. The Morgan fingerprint density at radius 2 is 1.86 bits per heavy atom. The zero-order chi connectivity index (χ0) is 24.5. The summed E-state index contributed by atoms with van der Waals surface area (Å²) in [7, 11) is 1.64. The fourth-order valence-corrected chi connectivity index (χ4v) is 5.61. The normalized spacial score (nSPS) is 14.5. The number of H-pyrrole nitrogens is 1. The van der Waals surface area contributed by atoms with Gasteiger partial charge in [0.15, 0.2) is 0 Å². The fraction of sp³-hybridized carbons (Fsp3) is 0.259.